The Hall–Kier alpha value is -2.34. The van der Waals surface area contributed by atoms with Gasteiger partial charge in [0.2, 0.25) is 0 Å². The number of carboxylic acids is 1. The predicted molar refractivity (Wildman–Crippen MR) is 112 cm³/mol. The fourth-order valence-corrected chi connectivity index (χ4v) is 4.07. The Labute approximate surface area is 176 Å². The van der Waals surface area contributed by atoms with E-state index in [0.29, 0.717) is 5.02 Å². The van der Waals surface area contributed by atoms with Crippen LogP contribution in [0.3, 0.4) is 0 Å². The summed E-state index contributed by atoms with van der Waals surface area (Å²) in [5.41, 5.74) is 1.06. The van der Waals surface area contributed by atoms with Crippen molar-refractivity contribution in [1.29, 1.82) is 0 Å². The van der Waals surface area contributed by atoms with Crippen LogP contribution < -0.4 is 0 Å². The van der Waals surface area contributed by atoms with Crippen LogP contribution in [0.15, 0.2) is 66.0 Å². The third-order valence-electron chi connectivity index (χ3n) is 4.26. The summed E-state index contributed by atoms with van der Waals surface area (Å²) in [4.78, 5) is 27.6. The lowest BCUT2D eigenvalue weighted by molar-refractivity contribution is -0.142. The second-order valence-electron chi connectivity index (χ2n) is 6.18. The summed E-state index contributed by atoms with van der Waals surface area (Å²) >= 11 is 13.6. The average Bonchev–Trinajstić information content (AvgIpc) is 3.18. The van der Waals surface area contributed by atoms with Gasteiger partial charge in [0.05, 0.1) is 17.1 Å². The van der Waals surface area contributed by atoms with E-state index in [4.69, 9.17) is 23.2 Å². The lowest BCUT2D eigenvalue weighted by atomic mass is 10.0. The number of thiophene rings is 1. The Morgan fingerprint density at radius 1 is 1.04 bits per heavy atom. The average molecular weight is 434 g/mol. The van der Waals surface area contributed by atoms with Crippen molar-refractivity contribution in [3.05, 3.63) is 92.1 Å². The molecule has 0 saturated carbocycles. The van der Waals surface area contributed by atoms with E-state index < -0.39 is 17.9 Å². The molecule has 1 atom stereocenters. The fraction of sp³-hybridized carbons (Fsp3) is 0.143. The van der Waals surface area contributed by atoms with Crippen molar-refractivity contribution in [1.82, 2.24) is 4.90 Å². The van der Waals surface area contributed by atoms with Gasteiger partial charge in [-0.25, -0.2) is 4.79 Å². The maximum absolute atomic E-state index is 13.3. The molecule has 1 unspecified atom stereocenters. The van der Waals surface area contributed by atoms with Gasteiger partial charge in [0, 0.05) is 16.3 Å². The predicted octanol–water partition coefficient (Wildman–Crippen LogP) is 5.39. The van der Waals surface area contributed by atoms with Gasteiger partial charge in [-0.1, -0.05) is 59.6 Å². The molecule has 0 aliphatic heterocycles. The zero-order valence-corrected chi connectivity index (χ0v) is 17.0. The highest BCUT2D eigenvalue weighted by atomic mass is 35.5. The van der Waals surface area contributed by atoms with Gasteiger partial charge < -0.3 is 10.0 Å². The summed E-state index contributed by atoms with van der Waals surface area (Å²) in [7, 11) is 0. The Morgan fingerprint density at radius 2 is 1.79 bits per heavy atom. The molecule has 0 bridgehead atoms. The molecule has 0 saturated heterocycles. The van der Waals surface area contributed by atoms with Gasteiger partial charge in [0.25, 0.3) is 5.91 Å². The number of amides is 1. The first-order valence-electron chi connectivity index (χ1n) is 8.51. The van der Waals surface area contributed by atoms with Crippen LogP contribution in [0.1, 0.15) is 20.8 Å². The molecule has 4 nitrogen and oxygen atoms in total. The van der Waals surface area contributed by atoms with Gasteiger partial charge in [-0.05, 0) is 35.2 Å². The second kappa shape index (κ2) is 9.24. The molecule has 3 rings (SSSR count). The number of carbonyl (C=O) groups is 2. The number of aliphatic carboxylic acids is 1. The highest BCUT2D eigenvalue weighted by Crippen LogP contribution is 2.25. The van der Waals surface area contributed by atoms with E-state index in [-0.39, 0.29) is 23.6 Å². The highest BCUT2D eigenvalue weighted by molar-refractivity contribution is 7.09. The summed E-state index contributed by atoms with van der Waals surface area (Å²) in [6.45, 7) is 0.180. The topological polar surface area (TPSA) is 57.6 Å². The van der Waals surface area contributed by atoms with Crippen LogP contribution in [0, 0.1) is 0 Å². The van der Waals surface area contributed by atoms with Crippen LogP contribution in [-0.2, 0) is 17.8 Å². The van der Waals surface area contributed by atoms with Gasteiger partial charge in [-0.2, -0.15) is 0 Å². The smallest absolute Gasteiger partial charge is 0.326 e. The molecule has 1 amide bonds. The van der Waals surface area contributed by atoms with E-state index in [2.05, 4.69) is 0 Å². The van der Waals surface area contributed by atoms with Crippen molar-refractivity contribution in [2.45, 2.75) is 19.0 Å². The summed E-state index contributed by atoms with van der Waals surface area (Å²) in [6, 6.07) is 16.5. The highest BCUT2D eigenvalue weighted by Gasteiger charge is 2.32. The largest absolute Gasteiger partial charge is 0.480 e. The summed E-state index contributed by atoms with van der Waals surface area (Å²) in [5.74, 6) is -1.52. The molecule has 0 fully saturated rings. The maximum atomic E-state index is 13.3. The lowest BCUT2D eigenvalue weighted by Crippen LogP contribution is -2.46. The Balaban J connectivity index is 1.98. The van der Waals surface area contributed by atoms with Gasteiger partial charge in [0.15, 0.2) is 0 Å². The van der Waals surface area contributed by atoms with Gasteiger partial charge >= 0.3 is 5.97 Å². The first kappa shape index (κ1) is 20.4. The number of hydrogen-bond donors (Lipinski definition) is 1. The van der Waals surface area contributed by atoms with Crippen molar-refractivity contribution in [2.75, 3.05) is 0 Å². The zero-order valence-electron chi connectivity index (χ0n) is 14.7. The Bertz CT molecular complexity index is 961. The molecule has 7 heteroatoms. The van der Waals surface area contributed by atoms with Gasteiger partial charge in [-0.3, -0.25) is 4.79 Å². The summed E-state index contributed by atoms with van der Waals surface area (Å²) < 4.78 is 0. The molecule has 1 heterocycles. The first-order valence-corrected chi connectivity index (χ1v) is 10.1. The van der Waals surface area contributed by atoms with Gasteiger partial charge in [0.1, 0.15) is 6.04 Å². The molecule has 0 radical (unpaired) electrons. The van der Waals surface area contributed by atoms with E-state index in [9.17, 15) is 14.7 Å². The van der Waals surface area contributed by atoms with Crippen LogP contribution >= 0.6 is 34.5 Å². The lowest BCUT2D eigenvalue weighted by Gasteiger charge is -2.29. The molecule has 0 aliphatic rings. The second-order valence-corrected chi connectivity index (χ2v) is 8.06. The van der Waals surface area contributed by atoms with Crippen molar-refractivity contribution in [2.24, 2.45) is 0 Å². The minimum Gasteiger partial charge on any atom is -0.480 e. The maximum Gasteiger partial charge on any atom is 0.326 e. The summed E-state index contributed by atoms with van der Waals surface area (Å²) in [6.07, 6.45) is 0.193. The van der Waals surface area contributed by atoms with Crippen LogP contribution in [0.5, 0.6) is 0 Å². The van der Waals surface area contributed by atoms with Crippen molar-refractivity contribution in [3.63, 3.8) is 0 Å². The Kier molecular flexibility index (Phi) is 6.73. The SMILES string of the molecule is O=C(O)C(Cc1ccccc1)N(Cc1cccs1)C(=O)c1ccc(Cl)cc1Cl. The number of carboxylic acid groups (broad SMARTS) is 1. The monoisotopic (exact) mass is 433 g/mol. The third kappa shape index (κ3) is 4.93. The zero-order chi connectivity index (χ0) is 20.1. The van der Waals surface area contributed by atoms with Crippen molar-refractivity contribution >= 4 is 46.4 Å². The quantitative estimate of drug-likeness (QED) is 0.542. The number of hydrogen-bond acceptors (Lipinski definition) is 3. The molecule has 2 aromatic carbocycles. The molecular formula is C21H17Cl2NO3S. The van der Waals surface area contributed by atoms with Crippen molar-refractivity contribution < 1.29 is 14.7 Å². The molecule has 1 aromatic heterocycles. The van der Waals surface area contributed by atoms with Crippen LogP contribution in [0.2, 0.25) is 10.0 Å². The minimum atomic E-state index is -1.07. The number of nitrogens with zero attached hydrogens (tertiary/aromatic N) is 1. The van der Waals surface area contributed by atoms with E-state index in [1.54, 1.807) is 6.07 Å². The Morgan fingerprint density at radius 3 is 2.39 bits per heavy atom. The number of carbonyl (C=O) groups excluding carboxylic acids is 1. The molecule has 144 valence electrons. The molecule has 0 spiro atoms. The van der Waals surface area contributed by atoms with E-state index in [1.165, 1.54) is 28.4 Å². The third-order valence-corrected chi connectivity index (χ3v) is 5.67. The van der Waals surface area contributed by atoms with E-state index in [1.807, 2.05) is 47.8 Å². The standard InChI is InChI=1S/C21H17Cl2NO3S/c22-15-8-9-17(18(23)12-15)20(25)24(13-16-7-4-10-28-16)19(21(26)27)11-14-5-2-1-3-6-14/h1-10,12,19H,11,13H2,(H,26,27). The molecule has 28 heavy (non-hydrogen) atoms. The van der Waals surface area contributed by atoms with Crippen LogP contribution in [0.25, 0.3) is 0 Å². The van der Waals surface area contributed by atoms with Crippen molar-refractivity contribution in [3.8, 4) is 0 Å². The van der Waals surface area contributed by atoms with E-state index >= 15 is 0 Å². The van der Waals surface area contributed by atoms with Crippen LogP contribution in [-0.4, -0.2) is 27.9 Å². The first-order chi connectivity index (χ1) is 13.5. The molecular weight excluding hydrogens is 417 g/mol. The molecule has 3 aromatic rings. The van der Waals surface area contributed by atoms with Crippen LogP contribution in [0.4, 0.5) is 0 Å². The number of benzene rings is 2. The molecule has 0 aliphatic carbocycles. The molecule has 1 N–H and O–H groups in total. The number of halogens is 2. The minimum absolute atomic E-state index is 0.180. The van der Waals surface area contributed by atoms with Gasteiger partial charge in [-0.15, -0.1) is 11.3 Å². The van der Waals surface area contributed by atoms with E-state index in [0.717, 1.165) is 10.4 Å². The fourth-order valence-electron chi connectivity index (χ4n) is 2.88. The normalized spacial score (nSPS) is 11.8. The summed E-state index contributed by atoms with van der Waals surface area (Å²) in [5, 5.41) is 12.4. The number of rotatable bonds is 7.